The van der Waals surface area contributed by atoms with Crippen LogP contribution < -0.4 is 10.6 Å². The molecule has 0 aliphatic heterocycles. The van der Waals surface area contributed by atoms with Gasteiger partial charge in [-0.1, -0.05) is 0 Å². The van der Waals surface area contributed by atoms with Crippen molar-refractivity contribution in [3.63, 3.8) is 0 Å². The van der Waals surface area contributed by atoms with Gasteiger partial charge in [0.15, 0.2) is 0 Å². The third kappa shape index (κ3) is 3.21. The number of hydrogen-bond acceptors (Lipinski definition) is 2. The van der Waals surface area contributed by atoms with Crippen LogP contribution in [0.1, 0.15) is 24.1 Å². The molecule has 0 atom stereocenters. The van der Waals surface area contributed by atoms with Gasteiger partial charge >= 0.3 is 6.03 Å². The van der Waals surface area contributed by atoms with E-state index in [1.165, 1.54) is 6.42 Å². The zero-order chi connectivity index (χ0) is 10.7. The maximum Gasteiger partial charge on any atom is 0.315 e. The lowest BCUT2D eigenvalue weighted by Gasteiger charge is -2.26. The number of carbonyl (C=O) groups excluding carboxylic acids is 1. The summed E-state index contributed by atoms with van der Waals surface area (Å²) in [5.41, 5.74) is 0. The summed E-state index contributed by atoms with van der Waals surface area (Å²) in [6.45, 7) is 0.606. The van der Waals surface area contributed by atoms with Crippen LogP contribution in [0.5, 0.6) is 0 Å². The fourth-order valence-electron chi connectivity index (χ4n) is 1.40. The van der Waals surface area contributed by atoms with Gasteiger partial charge in [0.1, 0.15) is 0 Å². The lowest BCUT2D eigenvalue weighted by molar-refractivity contribution is 0.228. The van der Waals surface area contributed by atoms with Crippen LogP contribution in [0, 0.1) is 0 Å². The number of amides is 2. The number of urea groups is 1. The molecule has 0 aromatic carbocycles. The van der Waals surface area contributed by atoms with E-state index in [9.17, 15) is 4.79 Å². The minimum Gasteiger partial charge on any atom is -0.335 e. The normalized spacial score (nSPS) is 15.8. The molecule has 0 unspecified atom stereocenters. The minimum atomic E-state index is -0.0516. The summed E-state index contributed by atoms with van der Waals surface area (Å²) in [5, 5.41) is 5.79. The second kappa shape index (κ2) is 4.99. The van der Waals surface area contributed by atoms with Gasteiger partial charge in [-0.15, -0.1) is 11.3 Å². The first-order valence-electron chi connectivity index (χ1n) is 5.02. The van der Waals surface area contributed by atoms with Gasteiger partial charge in [0.05, 0.1) is 10.3 Å². The van der Waals surface area contributed by atoms with Crippen molar-refractivity contribution in [2.45, 2.75) is 31.8 Å². The van der Waals surface area contributed by atoms with Crippen LogP contribution in [0.2, 0.25) is 0 Å². The molecule has 1 heterocycles. The lowest BCUT2D eigenvalue weighted by Crippen LogP contribution is -2.44. The number of hydrogen-bond donors (Lipinski definition) is 2. The van der Waals surface area contributed by atoms with E-state index in [4.69, 9.17) is 0 Å². The number of thiophene rings is 1. The molecular formula is C10H13BrN2OS. The van der Waals surface area contributed by atoms with Crippen LogP contribution >= 0.6 is 27.3 Å². The number of nitrogens with one attached hydrogen (secondary N) is 2. The van der Waals surface area contributed by atoms with E-state index in [2.05, 4.69) is 26.6 Å². The third-order valence-corrected chi connectivity index (χ3v) is 4.12. The average molecular weight is 289 g/mol. The predicted molar refractivity (Wildman–Crippen MR) is 65.0 cm³/mol. The Labute approximate surface area is 101 Å². The summed E-state index contributed by atoms with van der Waals surface area (Å²) in [7, 11) is 0. The van der Waals surface area contributed by atoms with Crippen molar-refractivity contribution in [2.24, 2.45) is 0 Å². The van der Waals surface area contributed by atoms with Gasteiger partial charge in [-0.05, 0) is 47.3 Å². The monoisotopic (exact) mass is 288 g/mol. The van der Waals surface area contributed by atoms with Gasteiger partial charge in [0, 0.05) is 10.9 Å². The first kappa shape index (κ1) is 11.0. The van der Waals surface area contributed by atoms with Crippen molar-refractivity contribution in [3.05, 3.63) is 20.8 Å². The summed E-state index contributed by atoms with van der Waals surface area (Å²) in [4.78, 5) is 12.6. The van der Waals surface area contributed by atoms with Gasteiger partial charge in [0.2, 0.25) is 0 Å². The smallest absolute Gasteiger partial charge is 0.315 e. The van der Waals surface area contributed by atoms with E-state index < -0.39 is 0 Å². The summed E-state index contributed by atoms with van der Waals surface area (Å²) in [5.74, 6) is 0. The van der Waals surface area contributed by atoms with E-state index in [-0.39, 0.29) is 6.03 Å². The quantitative estimate of drug-likeness (QED) is 0.882. The van der Waals surface area contributed by atoms with Crippen LogP contribution in [0.15, 0.2) is 15.9 Å². The second-order valence-electron chi connectivity index (χ2n) is 3.66. The molecule has 1 aromatic heterocycles. The maximum atomic E-state index is 11.4. The highest BCUT2D eigenvalue weighted by molar-refractivity contribution is 9.11. The molecule has 0 bridgehead atoms. The van der Waals surface area contributed by atoms with Crippen LogP contribution in [0.4, 0.5) is 4.79 Å². The highest BCUT2D eigenvalue weighted by atomic mass is 79.9. The molecule has 5 heteroatoms. The Morgan fingerprint density at radius 2 is 2.33 bits per heavy atom. The Hall–Kier alpha value is -0.550. The zero-order valence-electron chi connectivity index (χ0n) is 8.25. The highest BCUT2D eigenvalue weighted by Gasteiger charge is 2.18. The van der Waals surface area contributed by atoms with Gasteiger partial charge in [-0.25, -0.2) is 4.79 Å². The van der Waals surface area contributed by atoms with Crippen LogP contribution in [-0.4, -0.2) is 12.1 Å². The second-order valence-corrected chi connectivity index (χ2v) is 6.21. The molecule has 1 aliphatic carbocycles. The predicted octanol–water partition coefficient (Wildman–Crippen LogP) is 2.86. The number of carbonyl (C=O) groups is 1. The molecule has 82 valence electrons. The molecule has 2 N–H and O–H groups in total. The molecule has 2 amide bonds. The fraction of sp³-hybridized carbons (Fsp3) is 0.500. The van der Waals surface area contributed by atoms with Crippen molar-refractivity contribution >= 4 is 33.3 Å². The summed E-state index contributed by atoms with van der Waals surface area (Å²) >= 11 is 5.03. The van der Waals surface area contributed by atoms with Crippen molar-refractivity contribution in [1.82, 2.24) is 10.6 Å². The molecular weight excluding hydrogens is 276 g/mol. The maximum absolute atomic E-state index is 11.4. The topological polar surface area (TPSA) is 41.1 Å². The highest BCUT2D eigenvalue weighted by Crippen LogP contribution is 2.21. The van der Waals surface area contributed by atoms with E-state index in [1.807, 2.05) is 12.1 Å². The van der Waals surface area contributed by atoms with Crippen LogP contribution in [0.3, 0.4) is 0 Å². The molecule has 1 aliphatic rings. The van der Waals surface area contributed by atoms with Gasteiger partial charge in [0.25, 0.3) is 0 Å². The van der Waals surface area contributed by atoms with Crippen LogP contribution in [0.25, 0.3) is 0 Å². The van der Waals surface area contributed by atoms with Crippen molar-refractivity contribution in [1.29, 1.82) is 0 Å². The third-order valence-electron chi connectivity index (χ3n) is 2.49. The van der Waals surface area contributed by atoms with E-state index in [0.717, 1.165) is 21.5 Å². The Morgan fingerprint density at radius 1 is 1.53 bits per heavy atom. The summed E-state index contributed by atoms with van der Waals surface area (Å²) in [6, 6.07) is 4.36. The Morgan fingerprint density at radius 3 is 2.87 bits per heavy atom. The SMILES string of the molecule is O=C(NCc1ccc(Br)s1)NC1CCC1. The van der Waals surface area contributed by atoms with Crippen molar-refractivity contribution in [3.8, 4) is 0 Å². The Bertz CT molecular complexity index is 349. The standard InChI is InChI=1S/C10H13BrN2OS/c11-9-5-4-8(15-9)6-12-10(14)13-7-2-1-3-7/h4-5,7H,1-3,6H2,(H2,12,13,14). The van der Waals surface area contributed by atoms with Gasteiger partial charge in [-0.3, -0.25) is 0 Å². The van der Waals surface area contributed by atoms with E-state index in [1.54, 1.807) is 11.3 Å². The first-order chi connectivity index (χ1) is 7.24. The van der Waals surface area contributed by atoms with Crippen molar-refractivity contribution in [2.75, 3.05) is 0 Å². The number of rotatable bonds is 3. The molecule has 15 heavy (non-hydrogen) atoms. The first-order valence-corrected chi connectivity index (χ1v) is 6.63. The Balaban J connectivity index is 1.70. The zero-order valence-corrected chi connectivity index (χ0v) is 10.7. The van der Waals surface area contributed by atoms with E-state index >= 15 is 0 Å². The molecule has 1 fully saturated rings. The van der Waals surface area contributed by atoms with Crippen molar-refractivity contribution < 1.29 is 4.79 Å². The van der Waals surface area contributed by atoms with Gasteiger partial charge < -0.3 is 10.6 Å². The summed E-state index contributed by atoms with van der Waals surface area (Å²) < 4.78 is 1.10. The molecule has 1 saturated carbocycles. The molecule has 0 spiro atoms. The molecule has 0 saturated heterocycles. The lowest BCUT2D eigenvalue weighted by atomic mass is 9.93. The number of halogens is 1. The molecule has 1 aromatic rings. The fourth-order valence-corrected chi connectivity index (χ4v) is 2.83. The molecule has 3 nitrogen and oxygen atoms in total. The molecule has 2 rings (SSSR count). The largest absolute Gasteiger partial charge is 0.335 e. The average Bonchev–Trinajstić information content (AvgIpc) is 2.55. The van der Waals surface area contributed by atoms with E-state index in [0.29, 0.717) is 12.6 Å². The summed E-state index contributed by atoms with van der Waals surface area (Å²) in [6.07, 6.45) is 3.48. The Kier molecular flexibility index (Phi) is 3.64. The molecule has 0 radical (unpaired) electrons. The van der Waals surface area contributed by atoms with Gasteiger partial charge in [-0.2, -0.15) is 0 Å². The minimum absolute atomic E-state index is 0.0516. The van der Waals surface area contributed by atoms with Crippen LogP contribution in [-0.2, 0) is 6.54 Å².